The standard InChI is InChI=1S/C35H31F6N3O6S2/c1-20-14-22(23-16-25(34(36,37)38)19-26(17-23)35(39,40)41)15-24(30(20)50-13-10-43-8-11-49-12-9-43)18-28-31(46)44(33(51)52-28)7-6-29(45)42-27-4-2-21(3-5-27)32(47)48/h2-5,14-19H,6-13H2,1H3,(H,42,45)(H,47,48)/b28-18-. The largest absolute Gasteiger partial charge is 0.491 e. The Hall–Kier alpha value is -4.45. The minimum Gasteiger partial charge on any atom is -0.491 e. The summed E-state index contributed by atoms with van der Waals surface area (Å²) in [6.45, 7) is 4.68. The first-order chi connectivity index (χ1) is 24.5. The van der Waals surface area contributed by atoms with Crippen molar-refractivity contribution in [3.05, 3.63) is 87.3 Å². The van der Waals surface area contributed by atoms with E-state index in [9.17, 15) is 40.7 Å². The van der Waals surface area contributed by atoms with E-state index in [4.69, 9.17) is 26.8 Å². The highest BCUT2D eigenvalue weighted by Gasteiger charge is 2.37. The third-order valence-electron chi connectivity index (χ3n) is 8.12. The molecular weight excluding hydrogens is 737 g/mol. The average molecular weight is 768 g/mol. The maximum Gasteiger partial charge on any atom is 0.416 e. The highest BCUT2D eigenvalue weighted by Crippen LogP contribution is 2.41. The molecule has 0 aromatic heterocycles. The fourth-order valence-electron chi connectivity index (χ4n) is 5.46. The second-order valence-electron chi connectivity index (χ2n) is 11.8. The molecule has 3 aromatic carbocycles. The van der Waals surface area contributed by atoms with E-state index in [1.807, 2.05) is 0 Å². The van der Waals surface area contributed by atoms with Crippen molar-refractivity contribution >= 4 is 57.8 Å². The molecule has 2 fully saturated rings. The van der Waals surface area contributed by atoms with Crippen molar-refractivity contribution in [2.75, 3.05) is 51.3 Å². The summed E-state index contributed by atoms with van der Waals surface area (Å²) in [5.41, 5.74) is -2.23. The van der Waals surface area contributed by atoms with Gasteiger partial charge in [-0.3, -0.25) is 19.4 Å². The Morgan fingerprint density at radius 2 is 1.58 bits per heavy atom. The maximum absolute atomic E-state index is 13.7. The summed E-state index contributed by atoms with van der Waals surface area (Å²) < 4.78 is 93.9. The molecular formula is C35H31F6N3O6S2. The van der Waals surface area contributed by atoms with Gasteiger partial charge in [-0.05, 0) is 84.3 Å². The molecule has 0 spiro atoms. The molecule has 0 aliphatic carbocycles. The molecule has 2 N–H and O–H groups in total. The normalized spacial score (nSPS) is 16.4. The molecule has 2 aliphatic rings. The van der Waals surface area contributed by atoms with E-state index in [-0.39, 0.29) is 62.9 Å². The van der Waals surface area contributed by atoms with Crippen molar-refractivity contribution in [2.45, 2.75) is 25.7 Å². The second-order valence-corrected chi connectivity index (χ2v) is 13.5. The lowest BCUT2D eigenvalue weighted by molar-refractivity contribution is -0.143. The number of thiocarbonyl (C=S) groups is 1. The van der Waals surface area contributed by atoms with E-state index in [0.717, 1.165) is 11.8 Å². The van der Waals surface area contributed by atoms with Gasteiger partial charge < -0.3 is 19.9 Å². The number of carbonyl (C=O) groups is 3. The molecule has 0 bridgehead atoms. The molecule has 52 heavy (non-hydrogen) atoms. The van der Waals surface area contributed by atoms with Gasteiger partial charge in [-0.25, -0.2) is 4.79 Å². The molecule has 3 aromatic rings. The predicted molar refractivity (Wildman–Crippen MR) is 186 cm³/mol. The van der Waals surface area contributed by atoms with Crippen molar-refractivity contribution < 1.29 is 55.3 Å². The molecule has 2 aliphatic heterocycles. The van der Waals surface area contributed by atoms with Crippen LogP contribution >= 0.6 is 24.0 Å². The number of benzene rings is 3. The summed E-state index contributed by atoms with van der Waals surface area (Å²) >= 11 is 6.33. The van der Waals surface area contributed by atoms with Gasteiger partial charge in [0.1, 0.15) is 16.7 Å². The topological polar surface area (TPSA) is 108 Å². The van der Waals surface area contributed by atoms with Crippen LogP contribution in [-0.2, 0) is 26.7 Å². The summed E-state index contributed by atoms with van der Waals surface area (Å²) in [6.07, 6.45) is -8.84. The number of rotatable bonds is 11. The summed E-state index contributed by atoms with van der Waals surface area (Å²) in [5.74, 6) is -1.88. The molecule has 5 rings (SSSR count). The smallest absolute Gasteiger partial charge is 0.416 e. The van der Waals surface area contributed by atoms with Gasteiger partial charge in [0.2, 0.25) is 5.91 Å². The fraction of sp³-hybridized carbons (Fsp3) is 0.314. The van der Waals surface area contributed by atoms with Crippen molar-refractivity contribution in [1.29, 1.82) is 0 Å². The van der Waals surface area contributed by atoms with Crippen LogP contribution in [0.4, 0.5) is 32.0 Å². The van der Waals surface area contributed by atoms with Crippen molar-refractivity contribution in [3.63, 3.8) is 0 Å². The van der Waals surface area contributed by atoms with Gasteiger partial charge in [0, 0.05) is 43.9 Å². The van der Waals surface area contributed by atoms with E-state index in [0.29, 0.717) is 56.2 Å². The SMILES string of the molecule is Cc1cc(-c2cc(C(F)(F)F)cc(C(F)(F)F)c2)cc(/C=C2\SC(=S)N(CCC(=O)Nc3ccc(C(=O)O)cc3)C2=O)c1OCCN1CCOCC1. The molecule has 0 radical (unpaired) electrons. The summed E-state index contributed by atoms with van der Waals surface area (Å²) in [6, 6.07) is 9.61. The lowest BCUT2D eigenvalue weighted by atomic mass is 9.95. The molecule has 17 heteroatoms. The number of hydrogen-bond acceptors (Lipinski definition) is 8. The molecule has 2 saturated heterocycles. The van der Waals surface area contributed by atoms with E-state index >= 15 is 0 Å². The number of hydrogen-bond donors (Lipinski definition) is 2. The number of thioether (sulfide) groups is 1. The Labute approximate surface area is 303 Å². The Bertz CT molecular complexity index is 1860. The van der Waals surface area contributed by atoms with Crippen LogP contribution in [0.1, 0.15) is 39.0 Å². The Balaban J connectivity index is 1.42. The third-order valence-corrected chi connectivity index (χ3v) is 9.50. The number of morpholine rings is 1. The van der Waals surface area contributed by atoms with Gasteiger partial charge in [0.05, 0.1) is 34.8 Å². The first-order valence-corrected chi connectivity index (χ1v) is 17.0. The van der Waals surface area contributed by atoms with Gasteiger partial charge >= 0.3 is 18.3 Å². The van der Waals surface area contributed by atoms with E-state index in [1.54, 1.807) is 6.92 Å². The summed E-state index contributed by atoms with van der Waals surface area (Å²) in [5, 5.41) is 11.7. The van der Waals surface area contributed by atoms with Crippen LogP contribution in [0.2, 0.25) is 0 Å². The third kappa shape index (κ3) is 9.70. The fourth-order valence-corrected chi connectivity index (χ4v) is 6.76. The molecule has 276 valence electrons. The van der Waals surface area contributed by atoms with Crippen molar-refractivity contribution in [3.8, 4) is 16.9 Å². The Kier molecular flexibility index (Phi) is 12.0. The second kappa shape index (κ2) is 16.1. The first kappa shape index (κ1) is 38.8. The van der Waals surface area contributed by atoms with Gasteiger partial charge in [0.15, 0.2) is 0 Å². The number of carboxylic acid groups (broad SMARTS) is 1. The van der Waals surface area contributed by atoms with Crippen LogP contribution < -0.4 is 10.1 Å². The van der Waals surface area contributed by atoms with Gasteiger partial charge in [-0.15, -0.1) is 0 Å². The zero-order valence-corrected chi connectivity index (χ0v) is 29.0. The number of carboxylic acids is 1. The zero-order valence-electron chi connectivity index (χ0n) is 27.4. The predicted octanol–water partition coefficient (Wildman–Crippen LogP) is 7.34. The van der Waals surface area contributed by atoms with Crippen LogP contribution in [0, 0.1) is 6.92 Å². The van der Waals surface area contributed by atoms with Crippen LogP contribution in [-0.4, -0.2) is 83.0 Å². The molecule has 2 amide bonds. The minimum atomic E-state index is -5.05. The average Bonchev–Trinajstić information content (AvgIpc) is 3.35. The monoisotopic (exact) mass is 767 g/mol. The number of nitrogens with zero attached hydrogens (tertiary/aromatic N) is 2. The number of anilines is 1. The Morgan fingerprint density at radius 3 is 2.17 bits per heavy atom. The van der Waals surface area contributed by atoms with E-state index in [2.05, 4.69) is 10.2 Å². The maximum atomic E-state index is 13.7. The number of alkyl halides is 6. The molecule has 9 nitrogen and oxygen atoms in total. The minimum absolute atomic E-state index is 0.0319. The number of nitrogens with one attached hydrogen (secondary N) is 1. The number of ether oxygens (including phenoxy) is 2. The molecule has 2 heterocycles. The number of halogens is 6. The number of aryl methyl sites for hydroxylation is 1. The number of aromatic carboxylic acids is 1. The first-order valence-electron chi connectivity index (χ1n) is 15.8. The molecule has 0 saturated carbocycles. The summed E-state index contributed by atoms with van der Waals surface area (Å²) in [7, 11) is 0. The van der Waals surface area contributed by atoms with Gasteiger partial charge in [-0.2, -0.15) is 26.3 Å². The van der Waals surface area contributed by atoms with Gasteiger partial charge in [-0.1, -0.05) is 24.0 Å². The lowest BCUT2D eigenvalue weighted by Gasteiger charge is -2.26. The zero-order chi connectivity index (χ0) is 37.8. The highest BCUT2D eigenvalue weighted by atomic mass is 32.2. The molecule has 0 unspecified atom stereocenters. The van der Waals surface area contributed by atoms with Crippen molar-refractivity contribution in [2.24, 2.45) is 0 Å². The molecule has 0 atom stereocenters. The van der Waals surface area contributed by atoms with Crippen LogP contribution in [0.3, 0.4) is 0 Å². The quantitative estimate of drug-likeness (QED) is 0.118. The van der Waals surface area contributed by atoms with Gasteiger partial charge in [0.25, 0.3) is 5.91 Å². The summed E-state index contributed by atoms with van der Waals surface area (Å²) in [4.78, 5) is 40.6. The Morgan fingerprint density at radius 1 is 0.962 bits per heavy atom. The van der Waals surface area contributed by atoms with E-state index < -0.39 is 41.3 Å². The van der Waals surface area contributed by atoms with E-state index in [1.165, 1.54) is 47.4 Å². The number of carbonyl (C=O) groups excluding carboxylic acids is 2. The van der Waals surface area contributed by atoms with Crippen molar-refractivity contribution in [1.82, 2.24) is 9.80 Å². The highest BCUT2D eigenvalue weighted by molar-refractivity contribution is 8.26. The van der Waals surface area contributed by atoms with Crippen LogP contribution in [0.25, 0.3) is 17.2 Å². The lowest BCUT2D eigenvalue weighted by Crippen LogP contribution is -2.38. The van der Waals surface area contributed by atoms with Crippen LogP contribution in [0.5, 0.6) is 5.75 Å². The number of amides is 2. The van der Waals surface area contributed by atoms with Crippen LogP contribution in [0.15, 0.2) is 59.5 Å².